The lowest BCUT2D eigenvalue weighted by atomic mass is 10.1. The first-order chi connectivity index (χ1) is 15.1. The summed E-state index contributed by atoms with van der Waals surface area (Å²) < 4.78 is 13.0. The normalized spacial score (nSPS) is 19.1. The van der Waals surface area contributed by atoms with Crippen molar-refractivity contribution in [1.29, 1.82) is 0 Å². The van der Waals surface area contributed by atoms with Crippen molar-refractivity contribution < 1.29 is 9.26 Å². The van der Waals surface area contributed by atoms with Crippen molar-refractivity contribution in [3.63, 3.8) is 0 Å². The lowest BCUT2D eigenvalue weighted by molar-refractivity contribution is -0.0492. The number of aromatic nitrogens is 3. The Hall–Kier alpha value is -3.07. The van der Waals surface area contributed by atoms with Crippen molar-refractivity contribution in [1.82, 2.24) is 25.4 Å². The Morgan fingerprint density at radius 2 is 2.06 bits per heavy atom. The van der Waals surface area contributed by atoms with Crippen molar-refractivity contribution >= 4 is 11.4 Å². The molecule has 9 nitrogen and oxygen atoms in total. The summed E-state index contributed by atoms with van der Waals surface area (Å²) in [6.45, 7) is 11.9. The van der Waals surface area contributed by atoms with E-state index in [-0.39, 0.29) is 23.8 Å². The first-order valence-corrected chi connectivity index (χ1v) is 10.9. The van der Waals surface area contributed by atoms with Crippen LogP contribution in [0.5, 0.6) is 0 Å². The molecule has 0 radical (unpaired) electrons. The number of anilines is 1. The van der Waals surface area contributed by atoms with Gasteiger partial charge in [0.25, 0.3) is 5.56 Å². The molecule has 0 spiro atoms. The lowest BCUT2D eigenvalue weighted by Crippen LogP contribution is -2.34. The summed E-state index contributed by atoms with van der Waals surface area (Å²) in [5.41, 5.74) is 7.17. The van der Waals surface area contributed by atoms with E-state index in [1.165, 1.54) is 4.68 Å². The van der Waals surface area contributed by atoms with Crippen LogP contribution in [0, 0.1) is 6.92 Å². The van der Waals surface area contributed by atoms with E-state index in [2.05, 4.69) is 41.4 Å². The van der Waals surface area contributed by atoms with Gasteiger partial charge in [-0.25, -0.2) is 4.68 Å². The molecule has 1 atom stereocenters. The zero-order valence-corrected chi connectivity index (χ0v) is 19.7. The summed E-state index contributed by atoms with van der Waals surface area (Å²) >= 11 is 0. The van der Waals surface area contributed by atoms with Crippen LogP contribution in [-0.2, 0) is 11.3 Å². The van der Waals surface area contributed by atoms with E-state index in [4.69, 9.17) is 9.26 Å². The molecule has 9 heteroatoms. The minimum absolute atomic E-state index is 0.159. The molecular formula is C23H32N6O3. The lowest BCUT2D eigenvalue weighted by Gasteiger charge is -2.26. The quantitative estimate of drug-likeness (QED) is 0.759. The van der Waals surface area contributed by atoms with Gasteiger partial charge >= 0.3 is 0 Å². The minimum Gasteiger partial charge on any atom is -0.371 e. The maximum absolute atomic E-state index is 12.9. The highest BCUT2D eigenvalue weighted by molar-refractivity contribution is 5.66. The highest BCUT2D eigenvalue weighted by Crippen LogP contribution is 2.25. The summed E-state index contributed by atoms with van der Waals surface area (Å²) in [5, 5.41) is 10.6. The molecule has 2 aromatic heterocycles. The molecule has 0 amide bonds. The Kier molecular flexibility index (Phi) is 5.85. The van der Waals surface area contributed by atoms with Crippen LogP contribution >= 0.6 is 0 Å². The van der Waals surface area contributed by atoms with Gasteiger partial charge in [-0.05, 0) is 53.2 Å². The molecule has 2 aromatic rings. The molecule has 0 unspecified atom stereocenters. The van der Waals surface area contributed by atoms with Crippen LogP contribution in [0.25, 0.3) is 5.70 Å². The average molecular weight is 441 g/mol. The van der Waals surface area contributed by atoms with Crippen LogP contribution in [0.3, 0.4) is 0 Å². The Morgan fingerprint density at radius 3 is 2.75 bits per heavy atom. The van der Waals surface area contributed by atoms with Gasteiger partial charge in [0.1, 0.15) is 11.5 Å². The molecule has 2 aliphatic heterocycles. The molecule has 0 bridgehead atoms. The fraction of sp³-hybridized carbons (Fsp3) is 0.522. The van der Waals surface area contributed by atoms with Crippen LogP contribution < -0.4 is 15.9 Å². The van der Waals surface area contributed by atoms with Gasteiger partial charge in [0.05, 0.1) is 35.8 Å². The molecule has 1 saturated heterocycles. The van der Waals surface area contributed by atoms with E-state index in [1.54, 1.807) is 12.3 Å². The molecule has 0 aromatic carbocycles. The van der Waals surface area contributed by atoms with Crippen LogP contribution in [0.15, 0.2) is 39.4 Å². The zero-order chi connectivity index (χ0) is 23.0. The largest absolute Gasteiger partial charge is 0.371 e. The smallest absolute Gasteiger partial charge is 0.269 e. The van der Waals surface area contributed by atoms with Crippen LogP contribution in [-0.4, -0.2) is 51.8 Å². The molecule has 2 aliphatic rings. The Labute approximate surface area is 188 Å². The van der Waals surface area contributed by atoms with Gasteiger partial charge in [-0.1, -0.05) is 5.16 Å². The second kappa shape index (κ2) is 8.46. The molecule has 172 valence electrons. The van der Waals surface area contributed by atoms with Gasteiger partial charge in [-0.3, -0.25) is 15.2 Å². The summed E-state index contributed by atoms with van der Waals surface area (Å²) in [4.78, 5) is 15.0. The SMILES string of the molecule is CC1=CC=C(c2noc(C)c2Cn2ncc(N3CC[C@@H](OC(C)(C)C)C3)cc2=O)NN1C. The molecule has 1 fully saturated rings. The molecule has 1 N–H and O–H groups in total. The Bertz CT molecular complexity index is 1110. The number of ether oxygens (including phenoxy) is 1. The van der Waals surface area contributed by atoms with E-state index < -0.39 is 0 Å². The number of nitrogens with one attached hydrogen (secondary N) is 1. The van der Waals surface area contributed by atoms with Crippen molar-refractivity contribution in [3.05, 3.63) is 57.5 Å². The maximum atomic E-state index is 12.9. The van der Waals surface area contributed by atoms with Gasteiger partial charge in [0.2, 0.25) is 0 Å². The number of hydrogen-bond donors (Lipinski definition) is 1. The Balaban J connectivity index is 1.51. The van der Waals surface area contributed by atoms with Gasteiger partial charge in [-0.15, -0.1) is 0 Å². The number of nitrogens with zero attached hydrogens (tertiary/aromatic N) is 5. The van der Waals surface area contributed by atoms with Gasteiger partial charge < -0.3 is 14.2 Å². The third kappa shape index (κ3) is 4.72. The molecule has 0 saturated carbocycles. The number of hydrazine groups is 1. The van der Waals surface area contributed by atoms with Crippen molar-refractivity contribution in [2.24, 2.45) is 0 Å². The van der Waals surface area contributed by atoms with Gasteiger partial charge in [0, 0.05) is 37.5 Å². The minimum atomic E-state index is -0.178. The van der Waals surface area contributed by atoms with Crippen molar-refractivity contribution in [3.8, 4) is 0 Å². The predicted molar refractivity (Wildman–Crippen MR) is 123 cm³/mol. The van der Waals surface area contributed by atoms with Crippen molar-refractivity contribution in [2.45, 2.75) is 59.3 Å². The third-order valence-corrected chi connectivity index (χ3v) is 5.74. The number of hydrogen-bond acceptors (Lipinski definition) is 8. The molecule has 32 heavy (non-hydrogen) atoms. The zero-order valence-electron chi connectivity index (χ0n) is 19.7. The number of allylic oxidation sites excluding steroid dienone is 3. The first kappa shape index (κ1) is 22.1. The standard InChI is InChI=1S/C23H32N6O3/c1-15-7-8-20(25-27(15)6)22-19(16(2)32-26-22)14-29-21(30)11-17(12-24-29)28-10-9-18(13-28)31-23(3,4)5/h7-8,11-12,18,25H,9-10,13-14H2,1-6H3/t18-/m1/s1. The summed E-state index contributed by atoms with van der Waals surface area (Å²) in [5.74, 6) is 0.663. The maximum Gasteiger partial charge on any atom is 0.269 e. The average Bonchev–Trinajstić information content (AvgIpc) is 3.31. The molecule has 4 heterocycles. The first-order valence-electron chi connectivity index (χ1n) is 10.9. The van der Waals surface area contributed by atoms with Gasteiger partial charge in [-0.2, -0.15) is 5.10 Å². The van der Waals surface area contributed by atoms with Crippen LogP contribution in [0.4, 0.5) is 5.69 Å². The number of rotatable bonds is 5. The highest BCUT2D eigenvalue weighted by atomic mass is 16.5. The Morgan fingerprint density at radius 1 is 1.28 bits per heavy atom. The predicted octanol–water partition coefficient (Wildman–Crippen LogP) is 2.68. The summed E-state index contributed by atoms with van der Waals surface area (Å²) in [6, 6.07) is 1.65. The molecule has 4 rings (SSSR count). The second-order valence-corrected chi connectivity index (χ2v) is 9.42. The van der Waals surface area contributed by atoms with E-state index in [9.17, 15) is 4.79 Å². The molecule has 0 aliphatic carbocycles. The third-order valence-electron chi connectivity index (χ3n) is 5.74. The van der Waals surface area contributed by atoms with E-state index >= 15 is 0 Å². The second-order valence-electron chi connectivity index (χ2n) is 9.42. The molecular weight excluding hydrogens is 408 g/mol. The van der Waals surface area contributed by atoms with Crippen molar-refractivity contribution in [2.75, 3.05) is 25.0 Å². The monoisotopic (exact) mass is 440 g/mol. The fourth-order valence-electron chi connectivity index (χ4n) is 3.97. The van der Waals surface area contributed by atoms with E-state index in [0.717, 1.165) is 42.2 Å². The van der Waals surface area contributed by atoms with Crippen LogP contribution in [0.1, 0.15) is 51.1 Å². The number of aryl methyl sites for hydroxylation is 1. The summed E-state index contributed by atoms with van der Waals surface area (Å²) in [7, 11) is 1.94. The van der Waals surface area contributed by atoms with Crippen LogP contribution in [0.2, 0.25) is 0 Å². The fourth-order valence-corrected chi connectivity index (χ4v) is 3.97. The topological polar surface area (TPSA) is 88.7 Å². The van der Waals surface area contributed by atoms with E-state index in [0.29, 0.717) is 11.5 Å². The van der Waals surface area contributed by atoms with Gasteiger partial charge in [0.15, 0.2) is 0 Å². The highest BCUT2D eigenvalue weighted by Gasteiger charge is 2.28. The summed E-state index contributed by atoms with van der Waals surface area (Å²) in [6.07, 6.45) is 6.81. The van der Waals surface area contributed by atoms with E-state index in [1.807, 2.05) is 38.1 Å².